The molecule has 1 aromatic heterocycles. The number of anilines is 1. The highest BCUT2D eigenvalue weighted by atomic mass is 16.6. The fourth-order valence-electron chi connectivity index (χ4n) is 2.12. The van der Waals surface area contributed by atoms with Crippen LogP contribution in [0.2, 0.25) is 0 Å². The molecular weight excluding hydrogens is 334 g/mol. The summed E-state index contributed by atoms with van der Waals surface area (Å²) >= 11 is 0. The second-order valence-corrected chi connectivity index (χ2v) is 7.13. The predicted molar refractivity (Wildman–Crippen MR) is 97.2 cm³/mol. The van der Waals surface area contributed by atoms with Crippen molar-refractivity contribution in [3.05, 3.63) is 53.5 Å². The number of aryl methyl sites for hydroxylation is 1. The molecule has 0 unspecified atom stereocenters. The van der Waals surface area contributed by atoms with Gasteiger partial charge in [0.25, 0.3) is 0 Å². The van der Waals surface area contributed by atoms with Crippen LogP contribution in [-0.4, -0.2) is 23.8 Å². The van der Waals surface area contributed by atoms with Gasteiger partial charge in [0.2, 0.25) is 17.5 Å². The van der Waals surface area contributed by atoms with Gasteiger partial charge in [-0.25, -0.2) is 4.79 Å². The van der Waals surface area contributed by atoms with E-state index in [1.54, 1.807) is 37.3 Å². The SMILES string of the molecule is Cc1ccoc1C(=O)O[C@H](C)C(=O)c1ccc(NC(=O)C(C)(C)C)cc1. The summed E-state index contributed by atoms with van der Waals surface area (Å²) in [6.45, 7) is 8.68. The molecule has 26 heavy (non-hydrogen) atoms. The van der Waals surface area contributed by atoms with Crippen LogP contribution in [-0.2, 0) is 9.53 Å². The van der Waals surface area contributed by atoms with Crippen LogP contribution >= 0.6 is 0 Å². The van der Waals surface area contributed by atoms with Crippen LogP contribution in [0.25, 0.3) is 0 Å². The van der Waals surface area contributed by atoms with Crippen molar-refractivity contribution < 1.29 is 23.5 Å². The molecule has 0 aliphatic carbocycles. The fraction of sp³-hybridized carbons (Fsp3) is 0.350. The lowest BCUT2D eigenvalue weighted by Crippen LogP contribution is -2.27. The van der Waals surface area contributed by atoms with Gasteiger partial charge in [-0.1, -0.05) is 20.8 Å². The van der Waals surface area contributed by atoms with Crippen LogP contribution in [0.3, 0.4) is 0 Å². The topological polar surface area (TPSA) is 85.6 Å². The number of esters is 1. The summed E-state index contributed by atoms with van der Waals surface area (Å²) in [7, 11) is 0. The molecule has 1 aromatic carbocycles. The fourth-order valence-corrected chi connectivity index (χ4v) is 2.12. The number of ketones is 1. The number of furan rings is 1. The number of hydrogen-bond donors (Lipinski definition) is 1. The Morgan fingerprint density at radius 2 is 1.69 bits per heavy atom. The first-order chi connectivity index (χ1) is 12.1. The van der Waals surface area contributed by atoms with E-state index in [1.807, 2.05) is 20.8 Å². The minimum atomic E-state index is -0.956. The van der Waals surface area contributed by atoms with Gasteiger partial charge in [-0.15, -0.1) is 0 Å². The minimum Gasteiger partial charge on any atom is -0.457 e. The maximum absolute atomic E-state index is 12.4. The minimum absolute atomic E-state index is 0.0879. The van der Waals surface area contributed by atoms with Crippen molar-refractivity contribution in [1.29, 1.82) is 0 Å². The Labute approximate surface area is 152 Å². The third-order valence-electron chi connectivity index (χ3n) is 3.81. The highest BCUT2D eigenvalue weighted by molar-refractivity contribution is 6.02. The molecule has 0 fully saturated rings. The molecule has 6 nitrogen and oxygen atoms in total. The Balaban J connectivity index is 2.02. The van der Waals surface area contributed by atoms with Gasteiger partial charge >= 0.3 is 5.97 Å². The van der Waals surface area contributed by atoms with Crippen molar-refractivity contribution in [2.24, 2.45) is 5.41 Å². The van der Waals surface area contributed by atoms with Gasteiger partial charge in [-0.3, -0.25) is 9.59 Å². The van der Waals surface area contributed by atoms with Crippen molar-refractivity contribution in [3.63, 3.8) is 0 Å². The summed E-state index contributed by atoms with van der Waals surface area (Å²) in [4.78, 5) is 36.4. The van der Waals surface area contributed by atoms with Gasteiger partial charge in [0.1, 0.15) is 0 Å². The lowest BCUT2D eigenvalue weighted by Gasteiger charge is -2.18. The molecule has 1 N–H and O–H groups in total. The van der Waals surface area contributed by atoms with Crippen LogP contribution in [0.15, 0.2) is 41.0 Å². The third-order valence-corrected chi connectivity index (χ3v) is 3.81. The van der Waals surface area contributed by atoms with E-state index in [-0.39, 0.29) is 17.5 Å². The summed E-state index contributed by atoms with van der Waals surface area (Å²) in [6, 6.07) is 8.10. The van der Waals surface area contributed by atoms with Gasteiger partial charge in [0, 0.05) is 22.2 Å². The molecule has 138 valence electrons. The molecule has 0 aliphatic rings. The number of benzene rings is 1. The molecule has 2 aromatic rings. The van der Waals surface area contributed by atoms with E-state index in [0.717, 1.165) is 0 Å². The van der Waals surface area contributed by atoms with Gasteiger partial charge in [0.05, 0.1) is 6.26 Å². The number of hydrogen-bond acceptors (Lipinski definition) is 5. The van der Waals surface area contributed by atoms with Crippen LogP contribution in [0, 0.1) is 12.3 Å². The van der Waals surface area contributed by atoms with Crippen LogP contribution in [0.1, 0.15) is 54.2 Å². The van der Waals surface area contributed by atoms with Crippen molar-refractivity contribution >= 4 is 23.3 Å². The summed E-state index contributed by atoms with van der Waals surface area (Å²) in [5, 5.41) is 2.79. The molecule has 6 heteroatoms. The van der Waals surface area contributed by atoms with E-state index >= 15 is 0 Å². The van der Waals surface area contributed by atoms with E-state index in [9.17, 15) is 14.4 Å². The zero-order valence-electron chi connectivity index (χ0n) is 15.6. The van der Waals surface area contributed by atoms with E-state index < -0.39 is 17.5 Å². The number of ether oxygens (including phenoxy) is 1. The predicted octanol–water partition coefficient (Wildman–Crippen LogP) is 4.00. The summed E-state index contributed by atoms with van der Waals surface area (Å²) < 4.78 is 10.2. The number of carbonyl (C=O) groups excluding carboxylic acids is 3. The number of amides is 1. The first kappa shape index (κ1) is 19.4. The molecule has 0 saturated carbocycles. The second-order valence-electron chi connectivity index (χ2n) is 7.13. The Morgan fingerprint density at radius 1 is 1.08 bits per heavy atom. The smallest absolute Gasteiger partial charge is 0.375 e. The average Bonchev–Trinajstić information content (AvgIpc) is 3.00. The van der Waals surface area contributed by atoms with Crippen LogP contribution < -0.4 is 5.32 Å². The molecule has 0 saturated heterocycles. The monoisotopic (exact) mass is 357 g/mol. The first-order valence-corrected chi connectivity index (χ1v) is 8.30. The molecule has 1 heterocycles. The molecular formula is C20H23NO5. The maximum Gasteiger partial charge on any atom is 0.375 e. The van der Waals surface area contributed by atoms with Crippen molar-refractivity contribution in [1.82, 2.24) is 0 Å². The van der Waals surface area contributed by atoms with Crippen molar-refractivity contribution in [3.8, 4) is 0 Å². The standard InChI is InChI=1S/C20H23NO5/c1-12-10-11-25-17(12)18(23)26-13(2)16(22)14-6-8-15(9-7-14)21-19(24)20(3,4)5/h6-11,13H,1-5H3,(H,21,24)/t13-/m1/s1. The average molecular weight is 357 g/mol. The second kappa shape index (κ2) is 7.56. The first-order valence-electron chi connectivity index (χ1n) is 8.30. The highest BCUT2D eigenvalue weighted by Crippen LogP contribution is 2.19. The molecule has 0 aliphatic heterocycles. The third kappa shape index (κ3) is 4.59. The van der Waals surface area contributed by atoms with Crippen LogP contribution in [0.5, 0.6) is 0 Å². The van der Waals surface area contributed by atoms with E-state index in [1.165, 1.54) is 13.2 Å². The van der Waals surface area contributed by atoms with Gasteiger partial charge in [-0.2, -0.15) is 0 Å². The summed E-state index contributed by atoms with van der Waals surface area (Å²) in [6.07, 6.45) is 0.435. The van der Waals surface area contributed by atoms with E-state index in [4.69, 9.17) is 9.15 Å². The quantitative estimate of drug-likeness (QED) is 0.646. The van der Waals surface area contributed by atoms with E-state index in [0.29, 0.717) is 16.8 Å². The Morgan fingerprint density at radius 3 is 2.19 bits per heavy atom. The Bertz CT molecular complexity index is 811. The number of rotatable bonds is 5. The largest absolute Gasteiger partial charge is 0.457 e. The highest BCUT2D eigenvalue weighted by Gasteiger charge is 2.24. The molecule has 0 radical (unpaired) electrons. The Hall–Kier alpha value is -2.89. The molecule has 2 rings (SSSR count). The van der Waals surface area contributed by atoms with Crippen molar-refractivity contribution in [2.45, 2.75) is 40.7 Å². The molecule has 0 bridgehead atoms. The molecule has 1 atom stereocenters. The lowest BCUT2D eigenvalue weighted by molar-refractivity contribution is -0.123. The molecule has 1 amide bonds. The van der Waals surface area contributed by atoms with Crippen LogP contribution in [0.4, 0.5) is 5.69 Å². The van der Waals surface area contributed by atoms with Gasteiger partial charge in [-0.05, 0) is 44.2 Å². The zero-order valence-corrected chi connectivity index (χ0v) is 15.6. The summed E-state index contributed by atoms with van der Waals surface area (Å²) in [5.74, 6) is -1.05. The number of Topliss-reactive ketones (excluding diaryl/α,β-unsaturated/α-hetero) is 1. The zero-order chi connectivity index (χ0) is 19.5. The normalized spacial score (nSPS) is 12.3. The number of carbonyl (C=O) groups is 3. The van der Waals surface area contributed by atoms with E-state index in [2.05, 4.69) is 5.32 Å². The van der Waals surface area contributed by atoms with Crippen molar-refractivity contribution in [2.75, 3.05) is 5.32 Å². The lowest BCUT2D eigenvalue weighted by atomic mass is 9.95. The van der Waals surface area contributed by atoms with Gasteiger partial charge in [0.15, 0.2) is 6.10 Å². The van der Waals surface area contributed by atoms with Gasteiger partial charge < -0.3 is 14.5 Å². The number of nitrogens with one attached hydrogen (secondary N) is 1. The maximum atomic E-state index is 12.4. The summed E-state index contributed by atoms with van der Waals surface area (Å²) in [5.41, 5.74) is 1.11. The Kier molecular flexibility index (Phi) is 5.65. The molecule has 0 spiro atoms.